The van der Waals surface area contributed by atoms with E-state index in [0.717, 1.165) is 25.1 Å². The zero-order valence-corrected chi connectivity index (χ0v) is 12.0. The van der Waals surface area contributed by atoms with Crippen molar-refractivity contribution in [2.45, 2.75) is 24.9 Å². The summed E-state index contributed by atoms with van der Waals surface area (Å²) in [6, 6.07) is 1.01. The van der Waals surface area contributed by atoms with Gasteiger partial charge in [0.05, 0.1) is 11.3 Å². The molecule has 23 heavy (non-hydrogen) atoms. The number of nitrogens with one attached hydrogen (secondary N) is 1. The molecule has 2 N–H and O–H groups in total. The number of nitrogens with zero attached hydrogens (tertiary/aromatic N) is 3. The number of likely N-dealkylation sites (tertiary alicyclic amines) is 1. The van der Waals surface area contributed by atoms with Gasteiger partial charge in [0.15, 0.2) is 0 Å². The van der Waals surface area contributed by atoms with E-state index in [9.17, 15) is 18.0 Å². The second kappa shape index (κ2) is 5.64. The van der Waals surface area contributed by atoms with E-state index in [0.29, 0.717) is 18.8 Å². The molecule has 0 bridgehead atoms. The molecule has 3 heterocycles. The summed E-state index contributed by atoms with van der Waals surface area (Å²) >= 11 is 0. The number of rotatable bonds is 2. The molecule has 0 aliphatic carbocycles. The number of carboxylic acid groups (broad SMARTS) is 1. The van der Waals surface area contributed by atoms with E-state index < -0.39 is 17.8 Å². The Morgan fingerprint density at radius 3 is 2.87 bits per heavy atom. The molecule has 1 atom stereocenters. The lowest BCUT2D eigenvalue weighted by Gasteiger charge is -2.29. The number of piperidine rings is 1. The Balaban J connectivity index is 1.78. The van der Waals surface area contributed by atoms with Gasteiger partial charge in [-0.1, -0.05) is 0 Å². The molecule has 2 aromatic heterocycles. The molecule has 124 valence electrons. The van der Waals surface area contributed by atoms with E-state index in [4.69, 9.17) is 5.11 Å². The van der Waals surface area contributed by atoms with E-state index in [1.54, 1.807) is 6.20 Å². The summed E-state index contributed by atoms with van der Waals surface area (Å²) in [5, 5.41) is 9.05. The second-order valence-electron chi connectivity index (χ2n) is 5.54. The van der Waals surface area contributed by atoms with Crippen molar-refractivity contribution in [3.8, 4) is 5.82 Å². The van der Waals surface area contributed by atoms with Crippen molar-refractivity contribution in [1.29, 1.82) is 0 Å². The summed E-state index contributed by atoms with van der Waals surface area (Å²) in [5.41, 5.74) is -0.0726. The summed E-state index contributed by atoms with van der Waals surface area (Å²) < 4.78 is 39.4. The molecule has 0 radical (unpaired) electrons. The summed E-state index contributed by atoms with van der Waals surface area (Å²) in [4.78, 5) is 19.2. The largest absolute Gasteiger partial charge is 0.465 e. The fraction of sp³-hybridized carbons (Fsp3) is 0.429. The zero-order valence-electron chi connectivity index (χ0n) is 12.0. The van der Waals surface area contributed by atoms with Crippen molar-refractivity contribution >= 4 is 6.09 Å². The predicted molar refractivity (Wildman–Crippen MR) is 74.5 cm³/mol. The summed E-state index contributed by atoms with van der Waals surface area (Å²) in [6.45, 7) is 0.850. The van der Waals surface area contributed by atoms with Crippen LogP contribution in [0.15, 0.2) is 24.8 Å². The van der Waals surface area contributed by atoms with E-state index in [1.807, 2.05) is 0 Å². The van der Waals surface area contributed by atoms with Gasteiger partial charge in [0, 0.05) is 31.4 Å². The minimum atomic E-state index is -4.40. The van der Waals surface area contributed by atoms with Gasteiger partial charge in [-0.2, -0.15) is 13.2 Å². The van der Waals surface area contributed by atoms with Crippen LogP contribution < -0.4 is 0 Å². The average Bonchev–Trinajstić information content (AvgIpc) is 3.15. The van der Waals surface area contributed by atoms with Crippen LogP contribution in [0.25, 0.3) is 5.82 Å². The first kappa shape index (κ1) is 15.4. The molecule has 9 heteroatoms. The number of aromatic amines is 1. The van der Waals surface area contributed by atoms with Gasteiger partial charge in [-0.05, 0) is 18.9 Å². The third-order valence-electron chi connectivity index (χ3n) is 3.99. The lowest BCUT2D eigenvalue weighted by Crippen LogP contribution is -2.38. The first-order valence-corrected chi connectivity index (χ1v) is 7.12. The number of halogens is 3. The maximum Gasteiger partial charge on any atom is 0.417 e. The number of aromatic nitrogens is 3. The summed E-state index contributed by atoms with van der Waals surface area (Å²) in [7, 11) is 0. The van der Waals surface area contributed by atoms with Crippen molar-refractivity contribution in [1.82, 2.24) is 19.4 Å². The van der Waals surface area contributed by atoms with Crippen LogP contribution in [0.4, 0.5) is 18.0 Å². The van der Waals surface area contributed by atoms with Crippen LogP contribution in [0.5, 0.6) is 0 Å². The molecule has 1 amide bonds. The molecular weight excluding hydrogens is 313 g/mol. The Morgan fingerprint density at radius 2 is 2.22 bits per heavy atom. The van der Waals surface area contributed by atoms with Crippen LogP contribution in [0, 0.1) is 0 Å². The third-order valence-corrected chi connectivity index (χ3v) is 3.99. The molecule has 0 saturated carbocycles. The highest BCUT2D eigenvalue weighted by Crippen LogP contribution is 2.31. The lowest BCUT2D eigenvalue weighted by atomic mass is 9.95. The molecule has 1 saturated heterocycles. The van der Waals surface area contributed by atoms with E-state index in [1.165, 1.54) is 15.8 Å². The topological polar surface area (TPSA) is 74.2 Å². The number of H-pyrrole nitrogens is 1. The molecule has 0 unspecified atom stereocenters. The van der Waals surface area contributed by atoms with Gasteiger partial charge in [-0.3, -0.25) is 4.57 Å². The maximum atomic E-state index is 12.6. The number of hydrogen-bond acceptors (Lipinski definition) is 2. The van der Waals surface area contributed by atoms with Gasteiger partial charge in [0.25, 0.3) is 0 Å². The highest BCUT2D eigenvalue weighted by molar-refractivity contribution is 5.65. The van der Waals surface area contributed by atoms with E-state index >= 15 is 0 Å². The van der Waals surface area contributed by atoms with Gasteiger partial charge in [-0.25, -0.2) is 9.78 Å². The van der Waals surface area contributed by atoms with Crippen molar-refractivity contribution in [2.75, 3.05) is 13.1 Å². The smallest absolute Gasteiger partial charge is 0.417 e. The fourth-order valence-corrected chi connectivity index (χ4v) is 2.77. The van der Waals surface area contributed by atoms with Crippen molar-refractivity contribution in [3.63, 3.8) is 0 Å². The van der Waals surface area contributed by atoms with Crippen LogP contribution in [0.3, 0.4) is 0 Å². The Hall–Kier alpha value is -2.45. The number of hydrogen-bond donors (Lipinski definition) is 2. The van der Waals surface area contributed by atoms with Crippen molar-refractivity contribution < 1.29 is 23.1 Å². The minimum absolute atomic E-state index is 0.0434. The van der Waals surface area contributed by atoms with Crippen molar-refractivity contribution in [2.24, 2.45) is 0 Å². The SMILES string of the molecule is O=C(O)N1CCC[C@H](c2cn(-c3cc(C(F)(F)F)c[nH]3)cn2)C1. The Kier molecular flexibility index (Phi) is 3.78. The molecule has 3 rings (SSSR count). The van der Waals surface area contributed by atoms with Gasteiger partial charge >= 0.3 is 12.3 Å². The van der Waals surface area contributed by atoms with E-state index in [-0.39, 0.29) is 11.7 Å². The van der Waals surface area contributed by atoms with E-state index in [2.05, 4.69) is 9.97 Å². The Bertz CT molecular complexity index is 707. The highest BCUT2D eigenvalue weighted by Gasteiger charge is 2.32. The summed E-state index contributed by atoms with van der Waals surface area (Å²) in [5.74, 6) is 0.222. The van der Waals surface area contributed by atoms with Crippen LogP contribution in [-0.2, 0) is 6.18 Å². The van der Waals surface area contributed by atoms with Crippen LogP contribution in [0.2, 0.25) is 0 Å². The van der Waals surface area contributed by atoms with Crippen LogP contribution in [-0.4, -0.2) is 43.7 Å². The van der Waals surface area contributed by atoms with Gasteiger partial charge in [-0.15, -0.1) is 0 Å². The fourth-order valence-electron chi connectivity index (χ4n) is 2.77. The minimum Gasteiger partial charge on any atom is -0.465 e. The Morgan fingerprint density at radius 1 is 1.43 bits per heavy atom. The molecule has 6 nitrogen and oxygen atoms in total. The number of carbonyl (C=O) groups is 1. The number of amides is 1. The number of imidazole rings is 1. The monoisotopic (exact) mass is 328 g/mol. The van der Waals surface area contributed by atoms with Gasteiger partial charge in [0.2, 0.25) is 0 Å². The lowest BCUT2D eigenvalue weighted by molar-refractivity contribution is -0.137. The zero-order chi connectivity index (χ0) is 16.6. The van der Waals surface area contributed by atoms with Gasteiger partial charge in [0.1, 0.15) is 12.1 Å². The van der Waals surface area contributed by atoms with Gasteiger partial charge < -0.3 is 15.0 Å². The highest BCUT2D eigenvalue weighted by atomic mass is 19.4. The molecule has 0 aromatic carbocycles. The van der Waals surface area contributed by atoms with Crippen molar-refractivity contribution in [3.05, 3.63) is 36.0 Å². The summed E-state index contributed by atoms with van der Waals surface area (Å²) in [6.07, 6.45) is 0.159. The normalized spacial score (nSPS) is 19.1. The quantitative estimate of drug-likeness (QED) is 0.890. The molecular formula is C14H15F3N4O2. The third kappa shape index (κ3) is 3.17. The number of alkyl halides is 3. The Labute approximate surface area is 129 Å². The molecule has 1 aliphatic rings. The average molecular weight is 328 g/mol. The first-order valence-electron chi connectivity index (χ1n) is 7.12. The predicted octanol–water partition coefficient (Wildman–Crippen LogP) is 3.08. The molecule has 0 spiro atoms. The first-order chi connectivity index (χ1) is 10.8. The molecule has 1 aliphatic heterocycles. The maximum absolute atomic E-state index is 12.6. The van der Waals surface area contributed by atoms with Crippen LogP contribution in [0.1, 0.15) is 30.0 Å². The second-order valence-corrected chi connectivity index (χ2v) is 5.54. The van der Waals surface area contributed by atoms with Crippen LogP contribution >= 0.6 is 0 Å². The standard InChI is InChI=1S/C14H15F3N4O2/c15-14(16,17)10-4-12(18-5-10)21-7-11(19-8-21)9-2-1-3-20(6-9)13(22)23/h4-5,7-9,18H,1-3,6H2,(H,22,23)/t9-/m0/s1. The molecule has 1 fully saturated rings. The molecule has 2 aromatic rings.